The minimum absolute atomic E-state index is 0.324. The molecule has 0 unspecified atom stereocenters. The Hall–Kier alpha value is -1.88. The number of nitrogens with zero attached hydrogens (tertiary/aromatic N) is 2. The number of hydrogen-bond donors (Lipinski definition) is 1. The Bertz CT molecular complexity index is 635. The van der Waals surface area contributed by atoms with Crippen molar-refractivity contribution >= 4 is 22.4 Å². The molecule has 1 aromatic carbocycles. The molecule has 1 heterocycles. The maximum atomic E-state index is 11.5. The van der Waals surface area contributed by atoms with Gasteiger partial charge in [-0.3, -0.25) is 0 Å². The van der Waals surface area contributed by atoms with Crippen LogP contribution in [0, 0.1) is 5.92 Å². The predicted octanol–water partition coefficient (Wildman–Crippen LogP) is 3.74. The molecule has 0 atom stereocenters. The molecule has 1 aliphatic rings. The van der Waals surface area contributed by atoms with Crippen LogP contribution in [-0.2, 0) is 0 Å². The summed E-state index contributed by atoms with van der Waals surface area (Å²) >= 11 is 1.28. The second-order valence-electron chi connectivity index (χ2n) is 5.33. The van der Waals surface area contributed by atoms with E-state index in [-0.39, 0.29) is 0 Å². The monoisotopic (exact) mass is 302 g/mol. The Morgan fingerprint density at radius 3 is 2.67 bits per heavy atom. The van der Waals surface area contributed by atoms with Crippen LogP contribution in [-0.4, -0.2) is 29.1 Å². The van der Waals surface area contributed by atoms with Gasteiger partial charge < -0.3 is 10.0 Å². The first kappa shape index (κ1) is 14.1. The average molecular weight is 302 g/mol. The largest absolute Gasteiger partial charge is 0.477 e. The fourth-order valence-electron chi connectivity index (χ4n) is 2.34. The summed E-state index contributed by atoms with van der Waals surface area (Å²) in [5.41, 5.74) is 1.44. The molecule has 1 N–H and O–H groups in total. The summed E-state index contributed by atoms with van der Waals surface area (Å²) in [6.07, 6.45) is 2.55. The molecule has 1 aliphatic carbocycles. The third-order valence-corrected chi connectivity index (χ3v) is 4.79. The number of aromatic carboxylic acids is 1. The van der Waals surface area contributed by atoms with Gasteiger partial charge in [-0.15, -0.1) is 0 Å². The Morgan fingerprint density at radius 2 is 2.10 bits per heavy atom. The van der Waals surface area contributed by atoms with Gasteiger partial charge in [-0.2, -0.15) is 0 Å². The first-order valence-corrected chi connectivity index (χ1v) is 8.05. The SMILES string of the molecule is CCN(CC1CC1)c1nc(-c2ccccc2)c(C(=O)O)s1. The van der Waals surface area contributed by atoms with Gasteiger partial charge in [0.2, 0.25) is 0 Å². The zero-order valence-corrected chi connectivity index (χ0v) is 12.8. The standard InChI is InChI=1S/C16H18N2O2S/c1-2-18(10-11-8-9-11)16-17-13(14(21-16)15(19)20)12-6-4-3-5-7-12/h3-7,11H,2,8-10H2,1H3,(H,19,20). The van der Waals surface area contributed by atoms with Gasteiger partial charge in [0.05, 0.1) is 5.69 Å². The average Bonchev–Trinajstić information content (AvgIpc) is 3.21. The van der Waals surface area contributed by atoms with E-state index in [0.717, 1.165) is 29.7 Å². The van der Waals surface area contributed by atoms with E-state index in [1.165, 1.54) is 24.2 Å². The predicted molar refractivity (Wildman–Crippen MR) is 85.1 cm³/mol. The van der Waals surface area contributed by atoms with Crippen molar-refractivity contribution in [3.05, 3.63) is 35.2 Å². The molecule has 3 rings (SSSR count). The van der Waals surface area contributed by atoms with Gasteiger partial charge in [0.15, 0.2) is 5.13 Å². The van der Waals surface area contributed by atoms with Crippen LogP contribution < -0.4 is 4.90 Å². The summed E-state index contributed by atoms with van der Waals surface area (Å²) < 4.78 is 0. The van der Waals surface area contributed by atoms with Crippen molar-refractivity contribution in [1.29, 1.82) is 0 Å². The number of thiazole rings is 1. The van der Waals surface area contributed by atoms with Crippen LogP contribution in [0.1, 0.15) is 29.4 Å². The molecule has 21 heavy (non-hydrogen) atoms. The minimum Gasteiger partial charge on any atom is -0.477 e. The van der Waals surface area contributed by atoms with Crippen molar-refractivity contribution in [3.8, 4) is 11.3 Å². The van der Waals surface area contributed by atoms with E-state index >= 15 is 0 Å². The minimum atomic E-state index is -0.903. The maximum Gasteiger partial charge on any atom is 0.348 e. The zero-order valence-electron chi connectivity index (χ0n) is 12.0. The first-order chi connectivity index (χ1) is 10.2. The highest BCUT2D eigenvalue weighted by Crippen LogP contribution is 2.36. The molecule has 0 radical (unpaired) electrons. The highest BCUT2D eigenvalue weighted by molar-refractivity contribution is 7.17. The van der Waals surface area contributed by atoms with Crippen molar-refractivity contribution in [2.75, 3.05) is 18.0 Å². The van der Waals surface area contributed by atoms with Gasteiger partial charge in [0.1, 0.15) is 4.88 Å². The number of rotatable bonds is 6. The summed E-state index contributed by atoms with van der Waals surface area (Å²) in [5.74, 6) is -0.151. The molecular weight excluding hydrogens is 284 g/mol. The van der Waals surface area contributed by atoms with Crippen LogP contribution in [0.3, 0.4) is 0 Å². The van der Waals surface area contributed by atoms with E-state index in [4.69, 9.17) is 0 Å². The second kappa shape index (κ2) is 5.85. The van der Waals surface area contributed by atoms with Gasteiger partial charge in [-0.05, 0) is 25.7 Å². The van der Waals surface area contributed by atoms with E-state index in [0.29, 0.717) is 10.6 Å². The molecule has 0 bridgehead atoms. The highest BCUT2D eigenvalue weighted by Gasteiger charge is 2.27. The van der Waals surface area contributed by atoms with Crippen molar-refractivity contribution in [3.63, 3.8) is 0 Å². The maximum absolute atomic E-state index is 11.5. The van der Waals surface area contributed by atoms with Crippen LogP contribution >= 0.6 is 11.3 Å². The molecule has 5 heteroatoms. The van der Waals surface area contributed by atoms with Crippen molar-refractivity contribution in [1.82, 2.24) is 4.98 Å². The number of carboxylic acids is 1. The van der Waals surface area contributed by atoms with Gasteiger partial charge in [-0.1, -0.05) is 41.7 Å². The summed E-state index contributed by atoms with van der Waals surface area (Å²) in [4.78, 5) is 18.6. The normalized spacial score (nSPS) is 14.1. The van der Waals surface area contributed by atoms with E-state index in [2.05, 4.69) is 16.8 Å². The lowest BCUT2D eigenvalue weighted by molar-refractivity contribution is 0.0702. The number of carboxylic acid groups (broad SMARTS) is 1. The molecular formula is C16H18N2O2S. The van der Waals surface area contributed by atoms with E-state index in [1.807, 2.05) is 30.3 Å². The molecule has 1 saturated carbocycles. The van der Waals surface area contributed by atoms with E-state index in [9.17, 15) is 9.90 Å². The highest BCUT2D eigenvalue weighted by atomic mass is 32.1. The molecule has 4 nitrogen and oxygen atoms in total. The quantitative estimate of drug-likeness (QED) is 0.883. The Kier molecular flexibility index (Phi) is 3.92. The topological polar surface area (TPSA) is 53.4 Å². The number of carbonyl (C=O) groups is 1. The van der Waals surface area contributed by atoms with Crippen LogP contribution in [0.15, 0.2) is 30.3 Å². The third kappa shape index (κ3) is 3.08. The lowest BCUT2D eigenvalue weighted by atomic mass is 10.1. The van der Waals surface area contributed by atoms with Crippen LogP contribution in [0.5, 0.6) is 0 Å². The molecule has 0 amide bonds. The van der Waals surface area contributed by atoms with Gasteiger partial charge >= 0.3 is 5.97 Å². The van der Waals surface area contributed by atoms with Crippen LogP contribution in [0.2, 0.25) is 0 Å². The Labute approximate surface area is 128 Å². The van der Waals surface area contributed by atoms with Crippen molar-refractivity contribution in [2.24, 2.45) is 5.92 Å². The van der Waals surface area contributed by atoms with E-state index in [1.54, 1.807) is 0 Å². The fraction of sp³-hybridized carbons (Fsp3) is 0.375. The zero-order chi connectivity index (χ0) is 14.8. The molecule has 0 aliphatic heterocycles. The molecule has 2 aromatic rings. The number of anilines is 1. The number of hydrogen-bond acceptors (Lipinski definition) is 4. The number of aromatic nitrogens is 1. The molecule has 0 spiro atoms. The third-order valence-electron chi connectivity index (χ3n) is 3.69. The van der Waals surface area contributed by atoms with Gasteiger partial charge in [0.25, 0.3) is 0 Å². The summed E-state index contributed by atoms with van der Waals surface area (Å²) in [6, 6.07) is 9.54. The summed E-state index contributed by atoms with van der Waals surface area (Å²) in [5, 5.41) is 10.3. The second-order valence-corrected chi connectivity index (χ2v) is 6.30. The van der Waals surface area contributed by atoms with Crippen LogP contribution in [0.25, 0.3) is 11.3 Å². The summed E-state index contributed by atoms with van der Waals surface area (Å²) in [7, 11) is 0. The molecule has 1 aromatic heterocycles. The Morgan fingerprint density at radius 1 is 1.38 bits per heavy atom. The van der Waals surface area contributed by atoms with Gasteiger partial charge in [0, 0.05) is 18.7 Å². The molecule has 0 saturated heterocycles. The van der Waals surface area contributed by atoms with Crippen molar-refractivity contribution in [2.45, 2.75) is 19.8 Å². The lowest BCUT2D eigenvalue weighted by Crippen LogP contribution is -2.24. The van der Waals surface area contributed by atoms with E-state index < -0.39 is 5.97 Å². The fourth-order valence-corrected chi connectivity index (χ4v) is 3.34. The molecule has 1 fully saturated rings. The Balaban J connectivity index is 1.97. The lowest BCUT2D eigenvalue weighted by Gasteiger charge is -2.19. The summed E-state index contributed by atoms with van der Waals surface area (Å²) in [6.45, 7) is 3.93. The van der Waals surface area contributed by atoms with Gasteiger partial charge in [-0.25, -0.2) is 9.78 Å². The smallest absolute Gasteiger partial charge is 0.348 e. The first-order valence-electron chi connectivity index (χ1n) is 7.23. The van der Waals surface area contributed by atoms with Crippen molar-refractivity contribution < 1.29 is 9.90 Å². The van der Waals surface area contributed by atoms with Crippen LogP contribution in [0.4, 0.5) is 5.13 Å². The molecule has 110 valence electrons. The number of benzene rings is 1.